The van der Waals surface area contributed by atoms with Crippen molar-refractivity contribution in [2.45, 2.75) is 19.1 Å². The van der Waals surface area contributed by atoms with Crippen molar-refractivity contribution in [3.63, 3.8) is 0 Å². The maximum atomic E-state index is 11.7. The summed E-state index contributed by atoms with van der Waals surface area (Å²) < 4.78 is 16.9. The third-order valence-corrected chi connectivity index (χ3v) is 5.46. The van der Waals surface area contributed by atoms with Crippen LogP contribution in [0.2, 0.25) is 0 Å². The summed E-state index contributed by atoms with van der Waals surface area (Å²) in [6.07, 6.45) is -1.57. The second-order valence-corrected chi connectivity index (χ2v) is 8.10. The van der Waals surface area contributed by atoms with Crippen LogP contribution in [0.15, 0.2) is 91.0 Å². The number of aromatic nitrogens is 1. The van der Waals surface area contributed by atoms with E-state index in [9.17, 15) is 19.8 Å². The van der Waals surface area contributed by atoms with Crippen molar-refractivity contribution >= 4 is 22.8 Å². The van der Waals surface area contributed by atoms with Crippen LogP contribution in [0.4, 0.5) is 0 Å². The molecule has 36 heavy (non-hydrogen) atoms. The van der Waals surface area contributed by atoms with E-state index in [-0.39, 0.29) is 13.0 Å². The SMILES string of the molecule is O=C(O)C(COc1ccc(OCc2ccc3ccccc3n2)cc1)CC(Oc1ccccc1)C(=O)O. The summed E-state index contributed by atoms with van der Waals surface area (Å²) in [5.41, 5.74) is 1.69. The predicted molar refractivity (Wildman–Crippen MR) is 132 cm³/mol. The van der Waals surface area contributed by atoms with Crippen molar-refractivity contribution in [1.82, 2.24) is 4.98 Å². The van der Waals surface area contributed by atoms with Crippen molar-refractivity contribution < 1.29 is 34.0 Å². The highest BCUT2D eigenvalue weighted by molar-refractivity contribution is 5.78. The van der Waals surface area contributed by atoms with Crippen LogP contribution in [0.5, 0.6) is 17.2 Å². The molecule has 4 aromatic rings. The van der Waals surface area contributed by atoms with E-state index in [2.05, 4.69) is 4.98 Å². The minimum absolute atomic E-state index is 0.210. The molecule has 2 atom stereocenters. The molecule has 2 unspecified atom stereocenters. The number of fused-ring (bicyclic) bond motifs is 1. The van der Waals surface area contributed by atoms with Gasteiger partial charge in [-0.2, -0.15) is 0 Å². The lowest BCUT2D eigenvalue weighted by Gasteiger charge is -2.20. The van der Waals surface area contributed by atoms with Crippen LogP contribution in [-0.2, 0) is 16.2 Å². The zero-order valence-corrected chi connectivity index (χ0v) is 19.3. The molecule has 0 spiro atoms. The van der Waals surface area contributed by atoms with Gasteiger partial charge in [0.1, 0.15) is 30.5 Å². The Morgan fingerprint density at radius 3 is 2.08 bits per heavy atom. The number of aliphatic carboxylic acids is 2. The third-order valence-electron chi connectivity index (χ3n) is 5.46. The topological polar surface area (TPSA) is 115 Å². The van der Waals surface area contributed by atoms with Crippen LogP contribution in [0.25, 0.3) is 10.9 Å². The highest BCUT2D eigenvalue weighted by Gasteiger charge is 2.29. The largest absolute Gasteiger partial charge is 0.493 e. The molecule has 8 heteroatoms. The zero-order valence-electron chi connectivity index (χ0n) is 19.3. The number of para-hydroxylation sites is 2. The van der Waals surface area contributed by atoms with Gasteiger partial charge in [-0.15, -0.1) is 0 Å². The molecular formula is C28H25NO7. The Balaban J connectivity index is 1.31. The van der Waals surface area contributed by atoms with E-state index < -0.39 is 24.0 Å². The maximum absolute atomic E-state index is 11.7. The number of ether oxygens (including phenoxy) is 3. The van der Waals surface area contributed by atoms with Crippen LogP contribution in [-0.4, -0.2) is 39.8 Å². The first-order chi connectivity index (χ1) is 17.5. The zero-order chi connectivity index (χ0) is 25.3. The van der Waals surface area contributed by atoms with Crippen molar-refractivity contribution in [2.75, 3.05) is 6.61 Å². The first-order valence-corrected chi connectivity index (χ1v) is 11.4. The maximum Gasteiger partial charge on any atom is 0.344 e. The predicted octanol–water partition coefficient (Wildman–Crippen LogP) is 4.82. The molecule has 0 saturated carbocycles. The summed E-state index contributed by atoms with van der Waals surface area (Å²) >= 11 is 0. The molecule has 0 aliphatic heterocycles. The Morgan fingerprint density at radius 2 is 1.39 bits per heavy atom. The van der Waals surface area contributed by atoms with Gasteiger partial charge in [0.2, 0.25) is 0 Å². The van der Waals surface area contributed by atoms with Gasteiger partial charge in [0.05, 0.1) is 17.1 Å². The molecule has 3 aromatic carbocycles. The smallest absolute Gasteiger partial charge is 0.344 e. The molecule has 0 fully saturated rings. The van der Waals surface area contributed by atoms with Gasteiger partial charge >= 0.3 is 11.9 Å². The molecule has 0 bridgehead atoms. The minimum atomic E-state index is -1.32. The molecule has 1 aromatic heterocycles. The summed E-state index contributed by atoms with van der Waals surface area (Å²) in [6, 6.07) is 26.9. The third kappa shape index (κ3) is 6.73. The highest BCUT2D eigenvalue weighted by atomic mass is 16.5. The van der Waals surface area contributed by atoms with E-state index in [1.54, 1.807) is 54.6 Å². The monoisotopic (exact) mass is 487 g/mol. The normalized spacial score (nSPS) is 12.4. The molecule has 2 N–H and O–H groups in total. The number of benzene rings is 3. The van der Waals surface area contributed by atoms with Gasteiger partial charge in [-0.1, -0.05) is 42.5 Å². The standard InChI is InChI=1S/C28H25NO7/c30-27(31)20(16-26(28(32)33)36-24-7-2-1-3-8-24)17-34-22-12-14-23(15-13-22)35-18-21-11-10-19-6-4-5-9-25(19)29-21/h1-15,20,26H,16-18H2,(H,30,31)(H,32,33). The lowest BCUT2D eigenvalue weighted by molar-refractivity contribution is -0.149. The number of nitrogens with zero attached hydrogens (tertiary/aromatic N) is 1. The van der Waals surface area contributed by atoms with Gasteiger partial charge < -0.3 is 24.4 Å². The number of carboxylic acid groups (broad SMARTS) is 2. The van der Waals surface area contributed by atoms with Crippen molar-refractivity contribution in [3.05, 3.63) is 96.7 Å². The lowest BCUT2D eigenvalue weighted by Crippen LogP contribution is -2.34. The Morgan fingerprint density at radius 1 is 0.722 bits per heavy atom. The van der Waals surface area contributed by atoms with Gasteiger partial charge in [-0.05, 0) is 48.5 Å². The van der Waals surface area contributed by atoms with Crippen LogP contribution < -0.4 is 14.2 Å². The summed E-state index contributed by atoms with van der Waals surface area (Å²) in [7, 11) is 0. The van der Waals surface area contributed by atoms with E-state index in [1.807, 2.05) is 36.4 Å². The molecule has 0 radical (unpaired) electrons. The average molecular weight is 488 g/mol. The fourth-order valence-electron chi connectivity index (χ4n) is 3.54. The van der Waals surface area contributed by atoms with Crippen molar-refractivity contribution in [1.29, 1.82) is 0 Å². The van der Waals surface area contributed by atoms with Crippen LogP contribution in [0, 0.1) is 5.92 Å². The molecule has 184 valence electrons. The quantitative estimate of drug-likeness (QED) is 0.292. The summed E-state index contributed by atoms with van der Waals surface area (Å²) in [5.74, 6) is -2.09. The van der Waals surface area contributed by atoms with Gasteiger partial charge in [-0.25, -0.2) is 9.78 Å². The fourth-order valence-corrected chi connectivity index (χ4v) is 3.54. The highest BCUT2D eigenvalue weighted by Crippen LogP contribution is 2.22. The first kappa shape index (κ1) is 24.5. The average Bonchev–Trinajstić information content (AvgIpc) is 2.90. The molecule has 8 nitrogen and oxygen atoms in total. The summed E-state index contributed by atoms with van der Waals surface area (Å²) in [4.78, 5) is 27.9. The number of rotatable bonds is 12. The second kappa shape index (κ2) is 11.7. The number of hydrogen-bond donors (Lipinski definition) is 2. The fraction of sp³-hybridized carbons (Fsp3) is 0.179. The lowest BCUT2D eigenvalue weighted by atomic mass is 10.0. The van der Waals surface area contributed by atoms with Gasteiger partial charge in [0.15, 0.2) is 6.10 Å². The van der Waals surface area contributed by atoms with Crippen LogP contribution in [0.1, 0.15) is 12.1 Å². The van der Waals surface area contributed by atoms with E-state index in [0.29, 0.717) is 23.9 Å². The van der Waals surface area contributed by atoms with Gasteiger partial charge in [-0.3, -0.25) is 4.79 Å². The van der Waals surface area contributed by atoms with Crippen molar-refractivity contribution in [3.8, 4) is 17.2 Å². The molecule has 0 saturated heterocycles. The van der Waals surface area contributed by atoms with Gasteiger partial charge in [0, 0.05) is 11.8 Å². The van der Waals surface area contributed by atoms with Gasteiger partial charge in [0.25, 0.3) is 0 Å². The van der Waals surface area contributed by atoms with E-state index in [0.717, 1.165) is 16.6 Å². The number of hydrogen-bond acceptors (Lipinski definition) is 6. The first-order valence-electron chi connectivity index (χ1n) is 11.4. The number of pyridine rings is 1. The summed E-state index contributed by atoms with van der Waals surface area (Å²) in [6.45, 7) is 0.0859. The Labute approximate surface area is 207 Å². The number of carbonyl (C=O) groups is 2. The van der Waals surface area contributed by atoms with Crippen LogP contribution in [0.3, 0.4) is 0 Å². The molecule has 4 rings (SSSR count). The van der Waals surface area contributed by atoms with Crippen LogP contribution >= 0.6 is 0 Å². The minimum Gasteiger partial charge on any atom is -0.493 e. The molecule has 0 aliphatic carbocycles. The summed E-state index contributed by atoms with van der Waals surface area (Å²) in [5, 5.41) is 20.1. The van der Waals surface area contributed by atoms with E-state index in [4.69, 9.17) is 14.2 Å². The molecule has 1 heterocycles. The molecule has 0 aliphatic rings. The molecular weight excluding hydrogens is 462 g/mol. The molecule has 0 amide bonds. The second-order valence-electron chi connectivity index (χ2n) is 8.10. The Hall–Kier alpha value is -4.59. The number of carboxylic acids is 2. The van der Waals surface area contributed by atoms with E-state index >= 15 is 0 Å². The van der Waals surface area contributed by atoms with E-state index in [1.165, 1.54) is 0 Å². The Bertz CT molecular complexity index is 1310. The van der Waals surface area contributed by atoms with Crippen molar-refractivity contribution in [2.24, 2.45) is 5.92 Å². The Kier molecular flexibility index (Phi) is 7.97.